The molecule has 0 amide bonds. The summed E-state index contributed by atoms with van der Waals surface area (Å²) in [4.78, 5) is 12.2. The molecule has 0 saturated carbocycles. The van der Waals surface area contributed by atoms with Gasteiger partial charge in [0.2, 0.25) is 5.88 Å². The number of allylic oxidation sites excluding steroid dienone is 1. The van der Waals surface area contributed by atoms with E-state index in [9.17, 15) is 18.8 Å². The Hall–Kier alpha value is -3.14. The first kappa shape index (κ1) is 14.8. The third-order valence-electron chi connectivity index (χ3n) is 3.55. The van der Waals surface area contributed by atoms with Gasteiger partial charge < -0.3 is 14.9 Å². The number of aryl methyl sites for hydroxylation is 1. The van der Waals surface area contributed by atoms with E-state index in [1.165, 1.54) is 25.1 Å². The molecule has 5 nitrogen and oxygen atoms in total. The Morgan fingerprint density at radius 2 is 2.09 bits per heavy atom. The summed E-state index contributed by atoms with van der Waals surface area (Å²) < 4.78 is 38.1. The van der Waals surface area contributed by atoms with Crippen molar-refractivity contribution in [1.29, 1.82) is 5.26 Å². The van der Waals surface area contributed by atoms with Crippen molar-refractivity contribution in [2.75, 3.05) is 0 Å². The highest BCUT2D eigenvalue weighted by Gasteiger charge is 2.36. The Kier molecular flexibility index (Phi) is 3.37. The average molecular weight is 316 g/mol. The second-order valence-electron chi connectivity index (χ2n) is 4.99. The van der Waals surface area contributed by atoms with Crippen molar-refractivity contribution < 1.29 is 17.9 Å². The molecule has 0 bridgehead atoms. The van der Waals surface area contributed by atoms with Crippen molar-refractivity contribution in [1.82, 2.24) is 0 Å². The van der Waals surface area contributed by atoms with Crippen LogP contribution < -0.4 is 16.1 Å². The molecule has 2 heterocycles. The van der Waals surface area contributed by atoms with Crippen LogP contribution in [0, 0.1) is 29.9 Å². The Morgan fingerprint density at radius 3 is 2.78 bits per heavy atom. The number of hydrogen-bond donors (Lipinski definition) is 1. The summed E-state index contributed by atoms with van der Waals surface area (Å²) in [7, 11) is 0. The lowest BCUT2D eigenvalue weighted by Crippen LogP contribution is -2.27. The zero-order valence-corrected chi connectivity index (χ0v) is 11.9. The molecule has 0 fully saturated rings. The van der Waals surface area contributed by atoms with Gasteiger partial charge in [-0.1, -0.05) is 12.1 Å². The first-order valence-corrected chi connectivity index (χ1v) is 6.60. The molecule has 0 unspecified atom stereocenters. The second kappa shape index (κ2) is 5.25. The van der Waals surface area contributed by atoms with E-state index in [-0.39, 0.29) is 34.1 Å². The van der Waals surface area contributed by atoms with E-state index in [4.69, 9.17) is 14.9 Å². The van der Waals surface area contributed by atoms with E-state index in [2.05, 4.69) is 0 Å². The lowest BCUT2D eigenvalue weighted by atomic mass is 9.84. The van der Waals surface area contributed by atoms with Gasteiger partial charge in [0.05, 0.1) is 11.5 Å². The van der Waals surface area contributed by atoms with Gasteiger partial charge in [-0.2, -0.15) is 5.26 Å². The van der Waals surface area contributed by atoms with Crippen LogP contribution in [0.25, 0.3) is 0 Å². The van der Waals surface area contributed by atoms with Crippen LogP contribution in [-0.4, -0.2) is 0 Å². The topological polar surface area (TPSA) is 89.2 Å². The molecule has 0 radical (unpaired) electrons. The molecule has 1 atom stereocenters. The largest absolute Gasteiger partial charge is 0.440 e. The van der Waals surface area contributed by atoms with E-state index in [1.54, 1.807) is 6.07 Å². The van der Waals surface area contributed by atoms with E-state index in [1.807, 2.05) is 0 Å². The van der Waals surface area contributed by atoms with E-state index in [0.29, 0.717) is 0 Å². The number of nitrogens with zero attached hydrogens (tertiary/aromatic N) is 1. The predicted molar refractivity (Wildman–Crippen MR) is 75.4 cm³/mol. The zero-order valence-electron chi connectivity index (χ0n) is 11.9. The summed E-state index contributed by atoms with van der Waals surface area (Å²) in [6.07, 6.45) is 0. The summed E-state index contributed by atoms with van der Waals surface area (Å²) in [6, 6.07) is 6.70. The average Bonchev–Trinajstić information content (AvgIpc) is 2.48. The number of hydrogen-bond acceptors (Lipinski definition) is 5. The summed E-state index contributed by atoms with van der Waals surface area (Å²) in [5.74, 6) is -3.40. The molecule has 0 aliphatic carbocycles. The minimum absolute atomic E-state index is 0.0592. The number of ether oxygens (including phenoxy) is 1. The van der Waals surface area contributed by atoms with E-state index in [0.717, 1.165) is 6.07 Å². The van der Waals surface area contributed by atoms with Gasteiger partial charge in [-0.25, -0.2) is 13.6 Å². The molecule has 2 aromatic rings. The van der Waals surface area contributed by atoms with Gasteiger partial charge in [0.1, 0.15) is 23.2 Å². The van der Waals surface area contributed by atoms with Crippen molar-refractivity contribution in [2.45, 2.75) is 12.8 Å². The Morgan fingerprint density at radius 1 is 1.35 bits per heavy atom. The van der Waals surface area contributed by atoms with Gasteiger partial charge in [-0.15, -0.1) is 0 Å². The summed E-state index contributed by atoms with van der Waals surface area (Å²) >= 11 is 0. The summed E-state index contributed by atoms with van der Waals surface area (Å²) in [5, 5.41) is 9.31. The monoisotopic (exact) mass is 316 g/mol. The van der Waals surface area contributed by atoms with Crippen LogP contribution in [0.1, 0.15) is 22.8 Å². The number of nitriles is 1. The lowest BCUT2D eigenvalue weighted by Gasteiger charge is -2.25. The molecule has 116 valence electrons. The van der Waals surface area contributed by atoms with Crippen molar-refractivity contribution >= 4 is 0 Å². The number of fused-ring (bicyclic) bond motifs is 1. The fourth-order valence-electron chi connectivity index (χ4n) is 2.57. The van der Waals surface area contributed by atoms with Crippen LogP contribution >= 0.6 is 0 Å². The zero-order chi connectivity index (χ0) is 16.7. The molecule has 1 aromatic heterocycles. The van der Waals surface area contributed by atoms with Crippen molar-refractivity contribution in [3.05, 3.63) is 74.7 Å². The fraction of sp³-hybridized carbons (Fsp3) is 0.125. The molecule has 3 rings (SSSR count). The van der Waals surface area contributed by atoms with Crippen LogP contribution in [0.3, 0.4) is 0 Å². The number of benzene rings is 1. The molecule has 0 saturated heterocycles. The highest BCUT2D eigenvalue weighted by molar-refractivity contribution is 5.54. The fourth-order valence-corrected chi connectivity index (χ4v) is 2.57. The standard InChI is InChI=1S/C16H10F2N2O3/c1-7-5-11-13(16(21)22-7)12(9(6-19)15(20)23-11)8-3-2-4-10(17)14(8)18/h2-5,12H,20H2,1H3/t12-/m1/s1. The van der Waals surface area contributed by atoms with Gasteiger partial charge in [0.25, 0.3) is 0 Å². The molecular weight excluding hydrogens is 306 g/mol. The minimum atomic E-state index is -1.20. The van der Waals surface area contributed by atoms with Gasteiger partial charge in [-0.05, 0) is 13.0 Å². The summed E-state index contributed by atoms with van der Waals surface area (Å²) in [6.45, 7) is 1.53. The van der Waals surface area contributed by atoms with Crippen molar-refractivity contribution in [3.8, 4) is 11.8 Å². The highest BCUT2D eigenvalue weighted by Crippen LogP contribution is 2.41. The Balaban J connectivity index is 2.37. The molecule has 1 aromatic carbocycles. The Bertz CT molecular complexity index is 941. The van der Waals surface area contributed by atoms with Crippen LogP contribution in [0.5, 0.6) is 5.75 Å². The van der Waals surface area contributed by atoms with Gasteiger partial charge in [0, 0.05) is 11.6 Å². The second-order valence-corrected chi connectivity index (χ2v) is 4.99. The number of halogens is 2. The lowest BCUT2D eigenvalue weighted by molar-refractivity contribution is 0.369. The Labute approximate surface area is 129 Å². The normalized spacial score (nSPS) is 16.5. The first-order chi connectivity index (χ1) is 10.9. The van der Waals surface area contributed by atoms with Gasteiger partial charge >= 0.3 is 5.63 Å². The quantitative estimate of drug-likeness (QED) is 0.873. The molecule has 1 aliphatic rings. The maximum atomic E-state index is 14.2. The smallest absolute Gasteiger partial charge is 0.343 e. The molecule has 23 heavy (non-hydrogen) atoms. The third kappa shape index (κ3) is 2.25. The molecule has 0 spiro atoms. The van der Waals surface area contributed by atoms with Crippen LogP contribution in [0.4, 0.5) is 8.78 Å². The molecule has 1 aliphatic heterocycles. The van der Waals surface area contributed by atoms with E-state index >= 15 is 0 Å². The highest BCUT2D eigenvalue weighted by atomic mass is 19.2. The maximum Gasteiger partial charge on any atom is 0.343 e. The number of nitrogens with two attached hydrogens (primary N) is 1. The SMILES string of the molecule is Cc1cc2c(c(=O)o1)[C@H](c1cccc(F)c1F)C(C#N)=C(N)O2. The van der Waals surface area contributed by atoms with Crippen LogP contribution in [0.15, 0.2) is 44.9 Å². The van der Waals surface area contributed by atoms with E-state index < -0.39 is 23.2 Å². The number of rotatable bonds is 1. The molecular formula is C16H10F2N2O3. The van der Waals surface area contributed by atoms with Crippen LogP contribution in [-0.2, 0) is 0 Å². The van der Waals surface area contributed by atoms with Crippen molar-refractivity contribution in [2.24, 2.45) is 5.73 Å². The van der Waals surface area contributed by atoms with Crippen LogP contribution in [0.2, 0.25) is 0 Å². The van der Waals surface area contributed by atoms with Gasteiger partial charge in [-0.3, -0.25) is 0 Å². The molecule has 7 heteroatoms. The first-order valence-electron chi connectivity index (χ1n) is 6.60. The maximum absolute atomic E-state index is 14.2. The summed E-state index contributed by atoms with van der Waals surface area (Å²) in [5.41, 5.74) is 4.45. The predicted octanol–water partition coefficient (Wildman–Crippen LogP) is 2.44. The van der Waals surface area contributed by atoms with Crippen molar-refractivity contribution in [3.63, 3.8) is 0 Å². The van der Waals surface area contributed by atoms with Gasteiger partial charge in [0.15, 0.2) is 11.6 Å². The third-order valence-corrected chi connectivity index (χ3v) is 3.55. The molecule has 2 N–H and O–H groups in total. The minimum Gasteiger partial charge on any atom is -0.440 e.